The van der Waals surface area contributed by atoms with Gasteiger partial charge in [0, 0.05) is 61.6 Å². The van der Waals surface area contributed by atoms with Crippen LogP contribution in [0.5, 0.6) is 5.75 Å². The number of nitrogens with one attached hydrogen (secondary N) is 1. The number of likely N-dealkylation sites (N-methyl/N-ethyl adjacent to an activating group) is 1. The minimum atomic E-state index is -2.77. The lowest BCUT2D eigenvalue weighted by atomic mass is 10.2. The van der Waals surface area contributed by atoms with Crippen molar-refractivity contribution in [2.45, 2.75) is 0 Å². The molecule has 0 aromatic heterocycles. The molecule has 0 amide bonds. The fraction of sp³-hybridized carbons (Fsp3) is 0.625. The van der Waals surface area contributed by atoms with E-state index in [9.17, 15) is 0 Å². The lowest BCUT2D eigenvalue weighted by Crippen LogP contribution is -2.48. The standard InChI is InChI=1S/C16H27N3O2/c1-17-7-8-18-9-11-19(12-10-18)15-3-5-16(6-4-15)21-14-13-20-2/h3-6,17H,7-14H2,1-2H3/i1D3,7D2,8D2. The zero-order valence-electron chi connectivity index (χ0n) is 19.3. The minimum absolute atomic E-state index is 0.265. The largest absolute Gasteiger partial charge is 0.491 e. The normalized spacial score (nSPS) is 23.1. The van der Waals surface area contributed by atoms with E-state index in [0.29, 0.717) is 26.3 Å². The first-order valence-corrected chi connectivity index (χ1v) is 6.97. The van der Waals surface area contributed by atoms with Crippen LogP contribution in [0.2, 0.25) is 0 Å². The Hall–Kier alpha value is -1.30. The molecule has 1 heterocycles. The molecule has 0 saturated carbocycles. The maximum absolute atomic E-state index is 8.14. The van der Waals surface area contributed by atoms with Gasteiger partial charge in [-0.05, 0) is 31.2 Å². The van der Waals surface area contributed by atoms with Crippen LogP contribution in [0.25, 0.3) is 0 Å². The second-order valence-corrected chi connectivity index (χ2v) is 4.67. The lowest BCUT2D eigenvalue weighted by Gasteiger charge is -2.36. The third-order valence-corrected chi connectivity index (χ3v) is 3.31. The van der Waals surface area contributed by atoms with Gasteiger partial charge < -0.3 is 19.7 Å². The molecule has 0 radical (unpaired) electrons. The maximum atomic E-state index is 8.14. The van der Waals surface area contributed by atoms with Crippen LogP contribution >= 0.6 is 0 Å². The van der Waals surface area contributed by atoms with Gasteiger partial charge >= 0.3 is 0 Å². The topological polar surface area (TPSA) is 37.0 Å². The predicted molar refractivity (Wildman–Crippen MR) is 86.4 cm³/mol. The number of hydrogen-bond donors (Lipinski definition) is 1. The number of methoxy groups -OCH3 is 1. The Kier molecular flexibility index (Phi) is 3.79. The molecular formula is C16H27N3O2. The van der Waals surface area contributed by atoms with E-state index in [2.05, 4.69) is 4.90 Å². The number of anilines is 1. The quantitative estimate of drug-likeness (QED) is 0.727. The molecule has 1 fully saturated rings. The number of hydrogen-bond acceptors (Lipinski definition) is 5. The van der Waals surface area contributed by atoms with Crippen molar-refractivity contribution in [1.82, 2.24) is 10.2 Å². The number of piperazine rings is 1. The minimum Gasteiger partial charge on any atom is -0.491 e. The zero-order chi connectivity index (χ0) is 21.0. The van der Waals surface area contributed by atoms with Crippen molar-refractivity contribution in [2.75, 3.05) is 71.4 Å². The molecule has 1 aromatic rings. The van der Waals surface area contributed by atoms with E-state index < -0.39 is 20.0 Å². The van der Waals surface area contributed by atoms with Crippen LogP contribution in [0, 0.1) is 0 Å². The third kappa shape index (κ3) is 5.19. The molecule has 0 aliphatic carbocycles. The van der Waals surface area contributed by atoms with Crippen LogP contribution in [-0.4, -0.2) is 71.4 Å². The van der Waals surface area contributed by atoms with Crippen LogP contribution in [-0.2, 0) is 4.74 Å². The predicted octanol–water partition coefficient (Wildman–Crippen LogP) is 1.05. The Labute approximate surface area is 137 Å². The van der Waals surface area contributed by atoms with Crippen LogP contribution in [0.3, 0.4) is 0 Å². The zero-order valence-corrected chi connectivity index (χ0v) is 12.3. The summed E-state index contributed by atoms with van der Waals surface area (Å²) in [6.07, 6.45) is 0. The van der Waals surface area contributed by atoms with E-state index in [4.69, 9.17) is 19.1 Å². The summed E-state index contributed by atoms with van der Waals surface area (Å²) in [4.78, 5) is 3.41. The monoisotopic (exact) mass is 300 g/mol. The summed E-state index contributed by atoms with van der Waals surface area (Å²) in [5.41, 5.74) is 0.961. The highest BCUT2D eigenvalue weighted by atomic mass is 16.5. The number of ether oxygens (including phenoxy) is 2. The molecule has 1 N–H and O–H groups in total. The summed E-state index contributed by atoms with van der Waals surface area (Å²) in [6, 6.07) is 7.55. The summed E-state index contributed by atoms with van der Waals surface area (Å²) >= 11 is 0. The van der Waals surface area contributed by atoms with Gasteiger partial charge in [0.1, 0.15) is 12.4 Å². The smallest absolute Gasteiger partial charge is 0.119 e. The Morgan fingerprint density at radius 2 is 1.95 bits per heavy atom. The highest BCUT2D eigenvalue weighted by Crippen LogP contribution is 2.20. The van der Waals surface area contributed by atoms with E-state index in [1.807, 2.05) is 24.3 Å². The lowest BCUT2D eigenvalue weighted by molar-refractivity contribution is 0.146. The molecular weight excluding hydrogens is 266 g/mol. The van der Waals surface area contributed by atoms with E-state index in [1.165, 1.54) is 4.90 Å². The molecule has 1 aliphatic rings. The summed E-state index contributed by atoms with van der Waals surface area (Å²) in [6.45, 7) is -5.46. The van der Waals surface area contributed by atoms with E-state index in [0.717, 1.165) is 11.4 Å². The van der Waals surface area contributed by atoms with Crippen LogP contribution in [0.4, 0.5) is 5.69 Å². The summed E-state index contributed by atoms with van der Waals surface area (Å²) < 4.78 is 64.0. The van der Waals surface area contributed by atoms with Crippen LogP contribution < -0.4 is 15.0 Å². The fourth-order valence-electron chi connectivity index (χ4n) is 2.18. The molecule has 1 aromatic carbocycles. The van der Waals surface area contributed by atoms with Crippen molar-refractivity contribution in [3.05, 3.63) is 24.3 Å². The molecule has 5 nitrogen and oxygen atoms in total. The van der Waals surface area contributed by atoms with Crippen molar-refractivity contribution >= 4 is 5.69 Å². The molecule has 0 spiro atoms. The van der Waals surface area contributed by atoms with Gasteiger partial charge in [0.05, 0.1) is 6.61 Å². The molecule has 118 valence electrons. The molecule has 21 heavy (non-hydrogen) atoms. The number of benzene rings is 1. The van der Waals surface area contributed by atoms with Crippen molar-refractivity contribution in [2.24, 2.45) is 0 Å². The van der Waals surface area contributed by atoms with E-state index in [1.54, 1.807) is 12.4 Å². The third-order valence-electron chi connectivity index (χ3n) is 3.31. The fourth-order valence-corrected chi connectivity index (χ4v) is 2.18. The molecule has 0 bridgehead atoms. The van der Waals surface area contributed by atoms with Gasteiger partial charge in [-0.2, -0.15) is 0 Å². The highest BCUT2D eigenvalue weighted by molar-refractivity contribution is 5.49. The molecule has 0 atom stereocenters. The average molecular weight is 300 g/mol. The molecule has 1 saturated heterocycles. The second-order valence-electron chi connectivity index (χ2n) is 4.67. The van der Waals surface area contributed by atoms with Gasteiger partial charge in [0.2, 0.25) is 0 Å². The van der Waals surface area contributed by atoms with Gasteiger partial charge in [-0.1, -0.05) is 0 Å². The van der Waals surface area contributed by atoms with Crippen LogP contribution in [0.15, 0.2) is 24.3 Å². The van der Waals surface area contributed by atoms with E-state index >= 15 is 0 Å². The van der Waals surface area contributed by atoms with Gasteiger partial charge in [0.25, 0.3) is 0 Å². The Morgan fingerprint density at radius 3 is 2.62 bits per heavy atom. The average Bonchev–Trinajstić information content (AvgIpc) is 2.60. The first-order valence-electron chi connectivity index (χ1n) is 10.5. The first-order chi connectivity index (χ1) is 13.0. The van der Waals surface area contributed by atoms with Gasteiger partial charge in [-0.25, -0.2) is 0 Å². The van der Waals surface area contributed by atoms with E-state index in [-0.39, 0.29) is 13.1 Å². The maximum Gasteiger partial charge on any atom is 0.119 e. The Bertz CT molecular complexity index is 618. The number of nitrogens with zero attached hydrogens (tertiary/aromatic N) is 2. The van der Waals surface area contributed by atoms with Crippen molar-refractivity contribution in [3.63, 3.8) is 0 Å². The summed E-state index contributed by atoms with van der Waals surface area (Å²) in [7, 11) is 1.61. The molecule has 1 aliphatic heterocycles. The summed E-state index contributed by atoms with van der Waals surface area (Å²) in [5.74, 6) is 0.736. The van der Waals surface area contributed by atoms with Crippen molar-refractivity contribution < 1.29 is 19.1 Å². The molecule has 5 heteroatoms. The van der Waals surface area contributed by atoms with Crippen molar-refractivity contribution in [1.29, 1.82) is 0 Å². The summed E-state index contributed by atoms with van der Waals surface area (Å²) in [5, 5.41) is 1.78. The number of rotatable bonds is 8. The molecule has 2 rings (SSSR count). The van der Waals surface area contributed by atoms with Crippen molar-refractivity contribution in [3.8, 4) is 5.75 Å². The highest BCUT2D eigenvalue weighted by Gasteiger charge is 2.16. The van der Waals surface area contributed by atoms with Crippen LogP contribution in [0.1, 0.15) is 9.60 Å². The Morgan fingerprint density at radius 1 is 1.19 bits per heavy atom. The first kappa shape index (κ1) is 8.98. The molecule has 0 unspecified atom stereocenters. The SMILES string of the molecule is [2H]C([2H])([2H])NC([2H])([2H])C([2H])([2H])N1CCN(c2ccc(OCCOC)cc2)CC1. The Balaban J connectivity index is 1.94. The second kappa shape index (κ2) is 8.87. The van der Waals surface area contributed by atoms with Gasteiger partial charge in [-0.3, -0.25) is 4.90 Å². The van der Waals surface area contributed by atoms with Gasteiger partial charge in [0.15, 0.2) is 0 Å². The van der Waals surface area contributed by atoms with Gasteiger partial charge in [-0.15, -0.1) is 0 Å².